The summed E-state index contributed by atoms with van der Waals surface area (Å²) >= 11 is 1.88. The molecule has 5 rings (SSSR count). The SMILES string of the molecule is O=C(CCCCC1SCC2NC(=O)NC21)Nc1ccc2c(c1)C(=O)N1CCCC1C(=O)N2. The minimum atomic E-state index is -0.408. The van der Waals surface area contributed by atoms with E-state index in [1.165, 1.54) is 0 Å². The van der Waals surface area contributed by atoms with Crippen LogP contribution >= 0.6 is 11.8 Å². The first-order valence-corrected chi connectivity index (χ1v) is 12.3. The molecule has 4 aliphatic heterocycles. The molecule has 4 atom stereocenters. The fourth-order valence-electron chi connectivity index (χ4n) is 5.06. The van der Waals surface area contributed by atoms with Crippen molar-refractivity contribution in [2.24, 2.45) is 0 Å². The van der Waals surface area contributed by atoms with Gasteiger partial charge >= 0.3 is 6.03 Å². The zero-order valence-electron chi connectivity index (χ0n) is 17.7. The molecule has 0 bridgehead atoms. The van der Waals surface area contributed by atoms with Gasteiger partial charge in [0, 0.05) is 29.7 Å². The summed E-state index contributed by atoms with van der Waals surface area (Å²) in [5, 5.41) is 12.0. The molecule has 1 aromatic rings. The number of rotatable bonds is 6. The number of hydrogen-bond donors (Lipinski definition) is 4. The number of thioether (sulfide) groups is 1. The molecule has 3 fully saturated rings. The molecule has 0 aromatic heterocycles. The number of unbranched alkanes of at least 4 members (excludes halogenated alkanes) is 1. The first kappa shape index (κ1) is 21.1. The molecule has 170 valence electrons. The summed E-state index contributed by atoms with van der Waals surface area (Å²) < 4.78 is 0. The lowest BCUT2D eigenvalue weighted by Gasteiger charge is -2.20. The van der Waals surface area contributed by atoms with Crippen LogP contribution in [0, 0.1) is 0 Å². The van der Waals surface area contributed by atoms with Crippen molar-refractivity contribution in [1.82, 2.24) is 15.5 Å². The Morgan fingerprint density at radius 1 is 1.19 bits per heavy atom. The summed E-state index contributed by atoms with van der Waals surface area (Å²) in [7, 11) is 0. The van der Waals surface area contributed by atoms with E-state index in [1.807, 2.05) is 11.8 Å². The molecule has 32 heavy (non-hydrogen) atoms. The van der Waals surface area contributed by atoms with Gasteiger partial charge in [0.05, 0.1) is 23.3 Å². The summed E-state index contributed by atoms with van der Waals surface area (Å²) in [6.07, 6.45) is 4.53. The Bertz CT molecular complexity index is 970. The first-order valence-electron chi connectivity index (χ1n) is 11.2. The quantitative estimate of drug-likeness (QED) is 0.384. The topological polar surface area (TPSA) is 120 Å². The molecule has 1 aromatic carbocycles. The van der Waals surface area contributed by atoms with E-state index in [4.69, 9.17) is 0 Å². The van der Waals surface area contributed by atoms with Crippen LogP contribution in [0.15, 0.2) is 18.2 Å². The van der Waals surface area contributed by atoms with Crippen molar-refractivity contribution in [2.75, 3.05) is 22.9 Å². The maximum Gasteiger partial charge on any atom is 0.315 e. The van der Waals surface area contributed by atoms with Crippen molar-refractivity contribution in [3.8, 4) is 0 Å². The Morgan fingerprint density at radius 2 is 2.06 bits per heavy atom. The van der Waals surface area contributed by atoms with Crippen LogP contribution in [0.1, 0.15) is 48.9 Å². The van der Waals surface area contributed by atoms with Gasteiger partial charge in [0.2, 0.25) is 11.8 Å². The van der Waals surface area contributed by atoms with Crippen molar-refractivity contribution >= 4 is 46.9 Å². The highest BCUT2D eigenvalue weighted by Crippen LogP contribution is 2.33. The molecule has 10 heteroatoms. The number of urea groups is 1. The van der Waals surface area contributed by atoms with Crippen LogP contribution < -0.4 is 21.3 Å². The van der Waals surface area contributed by atoms with Crippen LogP contribution in [0.3, 0.4) is 0 Å². The largest absolute Gasteiger partial charge is 0.332 e. The lowest BCUT2D eigenvalue weighted by Crippen LogP contribution is -2.40. The van der Waals surface area contributed by atoms with Crippen molar-refractivity contribution in [3.63, 3.8) is 0 Å². The Hall–Kier alpha value is -2.75. The van der Waals surface area contributed by atoms with Crippen molar-refractivity contribution in [2.45, 2.75) is 61.9 Å². The number of carbonyl (C=O) groups is 4. The molecule has 5 amide bonds. The molecule has 4 N–H and O–H groups in total. The lowest BCUT2D eigenvalue weighted by molar-refractivity contribution is -0.119. The van der Waals surface area contributed by atoms with Gasteiger partial charge in [-0.25, -0.2) is 4.79 Å². The lowest BCUT2D eigenvalue weighted by atomic mass is 10.0. The number of benzene rings is 1. The first-order chi connectivity index (χ1) is 15.5. The molecule has 0 spiro atoms. The standard InChI is InChI=1S/C22H27N5O4S/c28-18(6-2-1-5-17-19-15(11-32-17)25-22(31)26-19)23-12-7-8-14-13(10-12)21(30)27-9-3-4-16(27)20(29)24-14/h7-8,10,15-17,19H,1-6,9,11H2,(H,23,28)(H,24,29)(H2,25,26,31). The van der Waals surface area contributed by atoms with Crippen LogP contribution in [0.5, 0.6) is 0 Å². The van der Waals surface area contributed by atoms with E-state index < -0.39 is 6.04 Å². The molecule has 4 aliphatic rings. The van der Waals surface area contributed by atoms with Gasteiger partial charge in [-0.1, -0.05) is 6.42 Å². The molecule has 9 nitrogen and oxygen atoms in total. The van der Waals surface area contributed by atoms with E-state index in [-0.39, 0.29) is 35.8 Å². The fourth-order valence-corrected chi connectivity index (χ4v) is 6.60. The molecule has 4 heterocycles. The zero-order valence-corrected chi connectivity index (χ0v) is 18.5. The van der Waals surface area contributed by atoms with E-state index >= 15 is 0 Å². The highest BCUT2D eigenvalue weighted by molar-refractivity contribution is 8.00. The molecular formula is C22H27N5O4S. The van der Waals surface area contributed by atoms with Gasteiger partial charge in [-0.3, -0.25) is 14.4 Å². The average Bonchev–Trinajstić information content (AvgIpc) is 3.46. The normalized spacial score (nSPS) is 28.2. The highest BCUT2D eigenvalue weighted by atomic mass is 32.2. The molecular weight excluding hydrogens is 430 g/mol. The number of nitrogens with zero attached hydrogens (tertiary/aromatic N) is 1. The van der Waals surface area contributed by atoms with Gasteiger partial charge in [-0.15, -0.1) is 0 Å². The summed E-state index contributed by atoms with van der Waals surface area (Å²) in [5.74, 6) is 0.523. The van der Waals surface area contributed by atoms with Crippen LogP contribution in [-0.4, -0.2) is 64.3 Å². The second kappa shape index (κ2) is 8.65. The predicted molar refractivity (Wildman–Crippen MR) is 122 cm³/mol. The Balaban J connectivity index is 1.13. The average molecular weight is 458 g/mol. The molecule has 0 aliphatic carbocycles. The number of carbonyl (C=O) groups excluding carboxylic acids is 4. The minimum Gasteiger partial charge on any atom is -0.332 e. The summed E-state index contributed by atoms with van der Waals surface area (Å²) in [5.41, 5.74) is 1.47. The number of nitrogens with one attached hydrogen (secondary N) is 4. The number of amides is 5. The Labute approximate surface area is 190 Å². The van der Waals surface area contributed by atoms with E-state index in [0.29, 0.717) is 41.6 Å². The van der Waals surface area contributed by atoms with E-state index in [9.17, 15) is 19.2 Å². The Morgan fingerprint density at radius 3 is 2.94 bits per heavy atom. The van der Waals surface area contributed by atoms with Gasteiger partial charge in [-0.2, -0.15) is 11.8 Å². The van der Waals surface area contributed by atoms with Gasteiger partial charge in [0.15, 0.2) is 0 Å². The van der Waals surface area contributed by atoms with Crippen molar-refractivity contribution in [1.29, 1.82) is 0 Å². The zero-order chi connectivity index (χ0) is 22.2. The second-order valence-electron chi connectivity index (χ2n) is 8.82. The molecule has 0 radical (unpaired) electrons. The maximum atomic E-state index is 12.9. The van der Waals surface area contributed by atoms with Crippen LogP contribution in [-0.2, 0) is 9.59 Å². The number of hydrogen-bond acceptors (Lipinski definition) is 5. The summed E-state index contributed by atoms with van der Waals surface area (Å²) in [6, 6.07) is 4.97. The third kappa shape index (κ3) is 4.03. The third-order valence-corrected chi connectivity index (χ3v) is 8.20. The van der Waals surface area contributed by atoms with Gasteiger partial charge in [0.25, 0.3) is 5.91 Å². The number of fused-ring (bicyclic) bond motifs is 3. The van der Waals surface area contributed by atoms with Crippen molar-refractivity contribution in [3.05, 3.63) is 23.8 Å². The highest BCUT2D eigenvalue weighted by Gasteiger charge is 2.42. The van der Waals surface area contributed by atoms with Gasteiger partial charge in [0.1, 0.15) is 6.04 Å². The maximum absolute atomic E-state index is 12.9. The monoisotopic (exact) mass is 457 g/mol. The van der Waals surface area contributed by atoms with E-state index in [1.54, 1.807) is 23.1 Å². The predicted octanol–water partition coefficient (Wildman–Crippen LogP) is 1.91. The van der Waals surface area contributed by atoms with Crippen LogP contribution in [0.4, 0.5) is 16.2 Å². The Kier molecular flexibility index (Phi) is 5.71. The van der Waals surface area contributed by atoms with Crippen LogP contribution in [0.2, 0.25) is 0 Å². The summed E-state index contributed by atoms with van der Waals surface area (Å²) in [4.78, 5) is 50.8. The van der Waals surface area contributed by atoms with Gasteiger partial charge in [-0.05, 0) is 43.9 Å². The third-order valence-electron chi connectivity index (χ3n) is 6.69. The molecule has 4 unspecified atom stereocenters. The fraction of sp³-hybridized carbons (Fsp3) is 0.545. The van der Waals surface area contributed by atoms with Crippen molar-refractivity contribution < 1.29 is 19.2 Å². The van der Waals surface area contributed by atoms with Gasteiger partial charge < -0.3 is 26.2 Å². The van der Waals surface area contributed by atoms with E-state index in [0.717, 1.165) is 31.4 Å². The van der Waals surface area contributed by atoms with Crippen LogP contribution in [0.25, 0.3) is 0 Å². The molecule has 0 saturated carbocycles. The second-order valence-corrected chi connectivity index (χ2v) is 10.1. The smallest absolute Gasteiger partial charge is 0.315 e. The van der Waals surface area contributed by atoms with E-state index in [2.05, 4.69) is 21.3 Å². The summed E-state index contributed by atoms with van der Waals surface area (Å²) in [6.45, 7) is 0.577. The number of anilines is 2. The molecule has 3 saturated heterocycles. The minimum absolute atomic E-state index is 0.0799.